The van der Waals surface area contributed by atoms with E-state index in [0.717, 1.165) is 105 Å². The average molecular weight is 1650 g/mol. The van der Waals surface area contributed by atoms with Gasteiger partial charge in [-0.25, -0.2) is 29.9 Å². The summed E-state index contributed by atoms with van der Waals surface area (Å²) in [6.07, 6.45) is 0. The van der Waals surface area contributed by atoms with Crippen LogP contribution >= 0.6 is 15.9 Å². The monoisotopic (exact) mass is 1650 g/mol. The van der Waals surface area contributed by atoms with E-state index in [-0.39, 0.29) is 48.2 Å². The molecule has 14 aromatic carbocycles. The van der Waals surface area contributed by atoms with Crippen LogP contribution in [0.1, 0.15) is 90.5 Å². The molecule has 16 heteroatoms. The van der Waals surface area contributed by atoms with E-state index in [9.17, 15) is 0 Å². The molecular weight excluding hydrogens is 1550 g/mol. The molecule has 7 heterocycles. The zero-order valence-corrected chi connectivity index (χ0v) is 71.0. The van der Waals surface area contributed by atoms with E-state index in [4.69, 9.17) is 47.9 Å². The first-order valence-corrected chi connectivity index (χ1v) is 41.8. The Morgan fingerprint density at radius 1 is 0.231 bits per heavy atom. The first-order chi connectivity index (χ1) is 57.9. The molecule has 3 aliphatic heterocycles. The van der Waals surface area contributed by atoms with E-state index in [1.165, 1.54) is 64.6 Å². The topological polar surface area (TPSA) is 133 Å². The highest BCUT2D eigenvalue weighted by molar-refractivity contribution is 9.10. The predicted octanol–water partition coefficient (Wildman–Crippen LogP) is 26.3. The van der Waals surface area contributed by atoms with Crippen molar-refractivity contribution in [2.45, 2.75) is 124 Å². The largest absolute Gasteiger partial charge is 0.494 e. The van der Waals surface area contributed by atoms with Gasteiger partial charge in [0, 0.05) is 71.3 Å². The Balaban J connectivity index is 0.000000123. The Morgan fingerprint density at radius 2 is 0.479 bits per heavy atom. The van der Waals surface area contributed by atoms with Gasteiger partial charge in [0.1, 0.15) is 4.60 Å². The molecule has 0 unspecified atom stereocenters. The number of benzene rings is 14. The number of nitrogens with zero attached hydrogens (tertiary/aromatic N) is 6. The Bertz CT molecular complexity index is 6710. The Morgan fingerprint density at radius 3 is 0.835 bits per heavy atom. The van der Waals surface area contributed by atoms with Crippen molar-refractivity contribution < 1.29 is 27.9 Å². The highest BCUT2D eigenvalue weighted by Crippen LogP contribution is 2.47. The number of hydrogen-bond donors (Lipinski definition) is 0. The molecule has 3 saturated heterocycles. The van der Waals surface area contributed by atoms with E-state index in [1.54, 1.807) is 0 Å². The van der Waals surface area contributed by atoms with Gasteiger partial charge in [0.15, 0.2) is 11.6 Å². The summed E-state index contributed by atoms with van der Waals surface area (Å²) < 4.78 is 37.2. The van der Waals surface area contributed by atoms with Crippen molar-refractivity contribution in [1.82, 2.24) is 29.9 Å². The van der Waals surface area contributed by atoms with Crippen LogP contribution in [0.5, 0.6) is 0 Å². The number of halogens is 1. The number of rotatable bonds is 9. The predicted molar refractivity (Wildman–Crippen MR) is 507 cm³/mol. The third-order valence-electron chi connectivity index (χ3n) is 24.7. The molecule has 0 saturated carbocycles. The smallest absolute Gasteiger partial charge is 0.405 e. The van der Waals surface area contributed by atoms with Crippen LogP contribution in [0.3, 0.4) is 0 Å². The second kappa shape index (κ2) is 32.5. The van der Waals surface area contributed by atoms with Gasteiger partial charge in [-0.2, -0.15) is 0 Å². The summed E-state index contributed by atoms with van der Waals surface area (Å²) >= 11 is 3.46. The molecule has 4 aromatic heterocycles. The summed E-state index contributed by atoms with van der Waals surface area (Å²) in [6.45, 7) is 24.5. The molecule has 596 valence electrons. The molecule has 0 amide bonds. The SMILES string of the molecule is Brc1cc(-c2ccccc2)nc(-c2ccccc2)n1.C.CC1(C)OB(B2OC(C)(C)C(C)(C)O2)OC1(C)C.CC1(C)OB(c2ccc(-c3nc4c5ccccc5c5ccccc5c4c4ccccc34)cc2)OC1(C)C.c1ccc(-c2cc(-c3ccc(-c4nc5c6ccccc6c6ccccc6c5c5ccccc45)cc3)nc(-c3ccccc3)n2)cc1. The van der Waals surface area contributed by atoms with Gasteiger partial charge in [-0.15, -0.1) is 0 Å². The first-order valence-electron chi connectivity index (χ1n) is 41.0. The Kier molecular flexibility index (Phi) is 21.9. The molecule has 0 spiro atoms. The quantitative estimate of drug-likeness (QED) is 0.0774. The minimum absolute atomic E-state index is 0. The van der Waals surface area contributed by atoms with Crippen LogP contribution in [0, 0.1) is 0 Å². The van der Waals surface area contributed by atoms with Gasteiger partial charge in [-0.3, -0.25) is 0 Å². The molecule has 0 N–H and O–H groups in total. The van der Waals surface area contributed by atoms with Gasteiger partial charge in [0.05, 0.1) is 73.1 Å². The number of hydrogen-bond acceptors (Lipinski definition) is 12. The molecule has 3 fully saturated rings. The summed E-state index contributed by atoms with van der Waals surface area (Å²) in [5, 5.41) is 16.9. The molecule has 21 rings (SSSR count). The molecule has 0 bridgehead atoms. The molecule has 0 radical (unpaired) electrons. The third-order valence-corrected chi connectivity index (χ3v) is 25.1. The fourth-order valence-electron chi connectivity index (χ4n) is 16.2. The van der Waals surface area contributed by atoms with Crippen LogP contribution in [0.15, 0.2) is 332 Å². The fourth-order valence-corrected chi connectivity index (χ4v) is 16.5. The fraction of sp³-hybridized carbons (Fsp3) is 0.181. The van der Waals surface area contributed by atoms with E-state index in [1.807, 2.05) is 159 Å². The van der Waals surface area contributed by atoms with Crippen molar-refractivity contribution >= 4 is 129 Å². The van der Waals surface area contributed by atoms with E-state index in [0.29, 0.717) is 5.82 Å². The van der Waals surface area contributed by atoms with Crippen molar-refractivity contribution in [3.05, 3.63) is 332 Å². The van der Waals surface area contributed by atoms with Crippen LogP contribution < -0.4 is 5.46 Å². The number of pyridine rings is 2. The van der Waals surface area contributed by atoms with E-state index < -0.39 is 14.0 Å². The highest BCUT2D eigenvalue weighted by Gasteiger charge is 2.64. The maximum atomic E-state index is 6.27. The van der Waals surface area contributed by atoms with Crippen LogP contribution in [-0.2, 0) is 27.9 Å². The zero-order chi connectivity index (χ0) is 82.9. The minimum Gasteiger partial charge on any atom is -0.405 e. The van der Waals surface area contributed by atoms with Crippen LogP contribution in [0.2, 0.25) is 0 Å². The maximum Gasteiger partial charge on any atom is 0.494 e. The van der Waals surface area contributed by atoms with Crippen molar-refractivity contribution in [3.63, 3.8) is 0 Å². The number of aromatic nitrogens is 6. The maximum absolute atomic E-state index is 6.27. The minimum atomic E-state index is -0.476. The van der Waals surface area contributed by atoms with Gasteiger partial charge in [0.25, 0.3) is 0 Å². The van der Waals surface area contributed by atoms with Crippen LogP contribution in [-0.4, -0.2) is 84.6 Å². The van der Waals surface area contributed by atoms with Crippen molar-refractivity contribution in [2.75, 3.05) is 0 Å². The van der Waals surface area contributed by atoms with Crippen LogP contribution in [0.25, 0.3) is 166 Å². The Labute approximate surface area is 717 Å². The van der Waals surface area contributed by atoms with Gasteiger partial charge in [-0.1, -0.05) is 323 Å². The summed E-state index contributed by atoms with van der Waals surface area (Å²) in [5.74, 6) is 1.44. The van der Waals surface area contributed by atoms with E-state index >= 15 is 0 Å². The van der Waals surface area contributed by atoms with Crippen LogP contribution in [0.4, 0.5) is 0 Å². The lowest BCUT2D eigenvalue weighted by Crippen LogP contribution is -2.41. The molecule has 3 aliphatic rings. The van der Waals surface area contributed by atoms with Crippen molar-refractivity contribution in [3.8, 4) is 79.1 Å². The summed E-state index contributed by atoms with van der Waals surface area (Å²) in [7, 11) is -1.33. The molecule has 121 heavy (non-hydrogen) atoms. The van der Waals surface area contributed by atoms with Gasteiger partial charge in [-0.05, 0) is 160 Å². The summed E-state index contributed by atoms with van der Waals surface area (Å²) in [5.41, 5.74) is 12.9. The second-order valence-electron chi connectivity index (χ2n) is 34.0. The number of fused-ring (bicyclic) bond motifs is 16. The van der Waals surface area contributed by atoms with Gasteiger partial charge in [0.2, 0.25) is 0 Å². The zero-order valence-electron chi connectivity index (χ0n) is 69.4. The molecule has 0 atom stereocenters. The Hall–Kier alpha value is -11.9. The second-order valence-corrected chi connectivity index (χ2v) is 34.8. The van der Waals surface area contributed by atoms with Crippen molar-refractivity contribution in [2.24, 2.45) is 0 Å². The third kappa shape index (κ3) is 15.6. The normalized spacial score (nSPS) is 15.9. The standard InChI is InChI=1S/C43H27N3.C33H28BNO2.C16H11BrN2.C12H24B2O4.CH4/c1-3-13-28(14-4-1)38-27-39(45-43(44-38)31-15-5-2-6-16-31)29-23-25-30(26-24-29)41-37-22-12-10-20-35(37)40-34-19-9-7-17-32(34)33-18-8-11-21-36(33)42(40)46-41;1-32(2)33(3,4)37-34(36-32)22-19-17-21(18-20-22)30-28-16-10-8-14-26(28)29-25-13-7-5-11-23(25)24-12-6-9-15-27(24)31(29)35-30;17-15-11-14(12-7-3-1-4-8-12)18-16(19-15)13-9-5-2-6-10-13;1-9(2)10(3,4)16-13(15-9)14-17-11(5,6)12(7,8)18-14;/h1-27H;5-20H,1-4H3;1-11H;1-8H3;1H4. The van der Waals surface area contributed by atoms with Gasteiger partial charge < -0.3 is 27.9 Å². The van der Waals surface area contributed by atoms with Crippen molar-refractivity contribution in [1.29, 1.82) is 0 Å². The highest BCUT2D eigenvalue weighted by atomic mass is 79.9. The lowest BCUT2D eigenvalue weighted by atomic mass is 9.49. The average Bonchev–Trinajstić information content (AvgIpc) is 1.51. The first kappa shape index (κ1) is 81.4. The molecule has 0 aliphatic carbocycles. The molecule has 18 aromatic rings. The van der Waals surface area contributed by atoms with Gasteiger partial charge >= 0.3 is 21.1 Å². The lowest BCUT2D eigenvalue weighted by Gasteiger charge is -2.32. The lowest BCUT2D eigenvalue weighted by molar-refractivity contribution is 0.00578. The van der Waals surface area contributed by atoms with E-state index in [2.05, 4.69) is 278 Å². The summed E-state index contributed by atoms with van der Waals surface area (Å²) in [4.78, 5) is 29.8. The summed E-state index contributed by atoms with van der Waals surface area (Å²) in [6, 6.07) is 114. The molecular formula is C105H94B3BrN6O6. The molecule has 12 nitrogen and oxygen atoms in total.